The van der Waals surface area contributed by atoms with E-state index in [1.54, 1.807) is 6.20 Å². The Morgan fingerprint density at radius 1 is 0.966 bits per heavy atom. The number of nitrogens with one attached hydrogen (secondary N) is 2. The maximum atomic E-state index is 5.86. The van der Waals surface area contributed by atoms with Gasteiger partial charge < -0.3 is 15.4 Å². The lowest BCUT2D eigenvalue weighted by Gasteiger charge is -2.12. The number of ether oxygens (including phenoxy) is 1. The van der Waals surface area contributed by atoms with Crippen LogP contribution in [0.5, 0.6) is 5.75 Å². The zero-order valence-corrected chi connectivity index (χ0v) is 17.1. The van der Waals surface area contributed by atoms with E-state index in [1.165, 1.54) is 11.1 Å². The first-order valence-electron chi connectivity index (χ1n) is 9.92. The summed E-state index contributed by atoms with van der Waals surface area (Å²) >= 11 is 0. The fourth-order valence-electron chi connectivity index (χ4n) is 2.78. The molecule has 3 rings (SSSR count). The lowest BCUT2D eigenvalue weighted by molar-refractivity contribution is 0.301. The van der Waals surface area contributed by atoms with Crippen molar-refractivity contribution in [3.63, 3.8) is 0 Å². The Morgan fingerprint density at radius 3 is 2.59 bits per heavy atom. The minimum atomic E-state index is 0.453. The van der Waals surface area contributed by atoms with Gasteiger partial charge in [-0.3, -0.25) is 4.98 Å². The molecule has 29 heavy (non-hydrogen) atoms. The largest absolute Gasteiger partial charge is 0.487 e. The molecule has 150 valence electrons. The number of hydrogen-bond donors (Lipinski definition) is 2. The van der Waals surface area contributed by atoms with E-state index in [4.69, 9.17) is 9.73 Å². The summed E-state index contributed by atoms with van der Waals surface area (Å²) in [6, 6.07) is 22.4. The lowest BCUT2D eigenvalue weighted by Crippen LogP contribution is -2.36. The summed E-state index contributed by atoms with van der Waals surface area (Å²) in [5, 5.41) is 6.68. The van der Waals surface area contributed by atoms with Crippen LogP contribution in [0.3, 0.4) is 0 Å². The molecule has 0 fully saturated rings. The molecular weight excluding hydrogens is 360 g/mol. The molecular formula is C24H28N4O. The maximum Gasteiger partial charge on any atom is 0.191 e. The van der Waals surface area contributed by atoms with E-state index in [0.717, 1.165) is 36.1 Å². The summed E-state index contributed by atoms with van der Waals surface area (Å²) in [7, 11) is 0. The molecule has 0 radical (unpaired) electrons. The van der Waals surface area contributed by atoms with E-state index in [0.29, 0.717) is 13.2 Å². The molecule has 5 nitrogen and oxygen atoms in total. The van der Waals surface area contributed by atoms with Crippen molar-refractivity contribution in [2.24, 2.45) is 4.99 Å². The Labute approximate surface area is 172 Å². The van der Waals surface area contributed by atoms with Crippen molar-refractivity contribution in [1.29, 1.82) is 0 Å². The molecule has 0 amide bonds. The minimum absolute atomic E-state index is 0.453. The molecule has 2 N–H and O–H groups in total. The van der Waals surface area contributed by atoms with Gasteiger partial charge in [-0.25, -0.2) is 4.99 Å². The number of hydrogen-bond acceptors (Lipinski definition) is 3. The van der Waals surface area contributed by atoms with E-state index >= 15 is 0 Å². The summed E-state index contributed by atoms with van der Waals surface area (Å²) in [4.78, 5) is 8.99. The number of nitrogens with zero attached hydrogens (tertiary/aromatic N) is 2. The van der Waals surface area contributed by atoms with Gasteiger partial charge in [-0.1, -0.05) is 48.0 Å². The van der Waals surface area contributed by atoms with Gasteiger partial charge >= 0.3 is 0 Å². The molecule has 0 saturated carbocycles. The number of benzene rings is 2. The molecule has 0 aliphatic carbocycles. The van der Waals surface area contributed by atoms with Crippen molar-refractivity contribution in [1.82, 2.24) is 15.6 Å². The van der Waals surface area contributed by atoms with Crippen LogP contribution in [-0.4, -0.2) is 17.5 Å². The summed E-state index contributed by atoms with van der Waals surface area (Å²) < 4.78 is 5.86. The fraction of sp³-hybridized carbons (Fsp3) is 0.250. The second kappa shape index (κ2) is 10.9. The van der Waals surface area contributed by atoms with E-state index < -0.39 is 0 Å². The Balaban J connectivity index is 1.57. The van der Waals surface area contributed by atoms with Crippen LogP contribution in [0.2, 0.25) is 0 Å². The average molecular weight is 389 g/mol. The molecule has 1 aromatic heterocycles. The van der Waals surface area contributed by atoms with Gasteiger partial charge in [-0.2, -0.15) is 0 Å². The number of aromatic nitrogens is 1. The van der Waals surface area contributed by atoms with E-state index in [-0.39, 0.29) is 0 Å². The molecule has 2 aromatic carbocycles. The average Bonchev–Trinajstić information content (AvgIpc) is 2.76. The van der Waals surface area contributed by atoms with Gasteiger partial charge in [0, 0.05) is 19.3 Å². The van der Waals surface area contributed by atoms with Gasteiger partial charge in [0.1, 0.15) is 12.4 Å². The Hall–Kier alpha value is -3.34. The highest BCUT2D eigenvalue weighted by atomic mass is 16.5. The smallest absolute Gasteiger partial charge is 0.191 e. The van der Waals surface area contributed by atoms with Crippen molar-refractivity contribution in [3.8, 4) is 5.75 Å². The predicted octanol–water partition coefficient (Wildman–Crippen LogP) is 4.22. The predicted molar refractivity (Wildman–Crippen MR) is 118 cm³/mol. The quantitative estimate of drug-likeness (QED) is 0.448. The van der Waals surface area contributed by atoms with Crippen LogP contribution in [0.1, 0.15) is 29.3 Å². The van der Waals surface area contributed by atoms with E-state index in [1.807, 2.05) is 36.4 Å². The highest BCUT2D eigenvalue weighted by Crippen LogP contribution is 2.15. The normalized spacial score (nSPS) is 11.2. The van der Waals surface area contributed by atoms with Crippen LogP contribution < -0.4 is 15.4 Å². The molecule has 0 saturated heterocycles. The molecule has 0 spiro atoms. The topological polar surface area (TPSA) is 58.5 Å². The third-order valence-corrected chi connectivity index (χ3v) is 4.36. The third-order valence-electron chi connectivity index (χ3n) is 4.36. The Kier molecular flexibility index (Phi) is 7.63. The van der Waals surface area contributed by atoms with Crippen molar-refractivity contribution in [2.45, 2.75) is 33.5 Å². The van der Waals surface area contributed by atoms with E-state index in [9.17, 15) is 0 Å². The van der Waals surface area contributed by atoms with Crippen LogP contribution in [0.25, 0.3) is 0 Å². The number of aryl methyl sites for hydroxylation is 1. The van der Waals surface area contributed by atoms with Crippen LogP contribution in [-0.2, 0) is 19.7 Å². The van der Waals surface area contributed by atoms with Crippen molar-refractivity contribution in [3.05, 3.63) is 95.3 Å². The zero-order chi connectivity index (χ0) is 20.3. The van der Waals surface area contributed by atoms with Gasteiger partial charge in [0.15, 0.2) is 5.96 Å². The second-order valence-corrected chi connectivity index (χ2v) is 6.79. The number of aliphatic imine (C=N–C) groups is 1. The first-order valence-corrected chi connectivity index (χ1v) is 9.92. The highest BCUT2D eigenvalue weighted by Gasteiger charge is 2.01. The first-order chi connectivity index (χ1) is 14.2. The lowest BCUT2D eigenvalue weighted by atomic mass is 10.1. The highest BCUT2D eigenvalue weighted by molar-refractivity contribution is 5.79. The standard InChI is InChI=1S/C24H28N4O/c1-3-25-24(27-16-20-12-10-19(2)11-13-20)28-17-21-7-6-9-23(15-21)29-18-22-8-4-5-14-26-22/h4-15H,3,16-18H2,1-2H3,(H2,25,27,28). The molecule has 0 bridgehead atoms. The maximum absolute atomic E-state index is 5.86. The van der Waals surface area contributed by atoms with Gasteiger partial charge in [-0.15, -0.1) is 0 Å². The number of rotatable bonds is 8. The van der Waals surface area contributed by atoms with Crippen LogP contribution in [0, 0.1) is 6.92 Å². The van der Waals surface area contributed by atoms with Gasteiger partial charge in [-0.05, 0) is 49.2 Å². The van der Waals surface area contributed by atoms with Crippen LogP contribution in [0.4, 0.5) is 0 Å². The molecule has 0 aliphatic rings. The summed E-state index contributed by atoms with van der Waals surface area (Å²) in [5.74, 6) is 1.62. The first kappa shape index (κ1) is 20.4. The second-order valence-electron chi connectivity index (χ2n) is 6.79. The Morgan fingerprint density at radius 2 is 1.83 bits per heavy atom. The van der Waals surface area contributed by atoms with Crippen molar-refractivity contribution in [2.75, 3.05) is 6.54 Å². The van der Waals surface area contributed by atoms with Crippen molar-refractivity contribution < 1.29 is 4.74 Å². The molecule has 0 unspecified atom stereocenters. The molecule has 1 heterocycles. The monoisotopic (exact) mass is 388 g/mol. The third kappa shape index (κ3) is 6.96. The van der Waals surface area contributed by atoms with Gasteiger partial charge in [0.25, 0.3) is 0 Å². The molecule has 0 atom stereocenters. The zero-order valence-electron chi connectivity index (χ0n) is 17.1. The van der Waals surface area contributed by atoms with Gasteiger partial charge in [0.2, 0.25) is 0 Å². The summed E-state index contributed by atoms with van der Waals surface area (Å²) in [6.07, 6.45) is 1.77. The van der Waals surface area contributed by atoms with E-state index in [2.05, 4.69) is 59.8 Å². The minimum Gasteiger partial charge on any atom is -0.487 e. The summed E-state index contributed by atoms with van der Waals surface area (Å²) in [6.45, 7) is 6.73. The van der Waals surface area contributed by atoms with Crippen molar-refractivity contribution >= 4 is 5.96 Å². The Bertz CT molecular complexity index is 908. The fourth-order valence-corrected chi connectivity index (χ4v) is 2.78. The number of pyridine rings is 1. The van der Waals surface area contributed by atoms with Crippen LogP contribution >= 0.6 is 0 Å². The molecule has 5 heteroatoms. The molecule has 0 aliphatic heterocycles. The molecule has 3 aromatic rings. The van der Waals surface area contributed by atoms with Gasteiger partial charge in [0.05, 0.1) is 12.2 Å². The number of guanidine groups is 1. The summed E-state index contributed by atoms with van der Waals surface area (Å²) in [5.41, 5.74) is 4.49. The van der Waals surface area contributed by atoms with Crippen LogP contribution in [0.15, 0.2) is 77.9 Å². The SMILES string of the molecule is CCNC(=NCc1cccc(OCc2ccccn2)c1)NCc1ccc(C)cc1.